The number of pyridine rings is 1. The lowest BCUT2D eigenvalue weighted by Crippen LogP contribution is -2.50. The van der Waals surface area contributed by atoms with Gasteiger partial charge in [0.25, 0.3) is 5.91 Å². The van der Waals surface area contributed by atoms with Gasteiger partial charge in [0.15, 0.2) is 0 Å². The third-order valence-corrected chi connectivity index (χ3v) is 5.65. The maximum Gasteiger partial charge on any atom is 0.252 e. The molecule has 0 unspecified atom stereocenters. The van der Waals surface area contributed by atoms with Gasteiger partial charge in [-0.2, -0.15) is 0 Å². The highest BCUT2D eigenvalue weighted by molar-refractivity contribution is 5.97. The Hall–Kier alpha value is -2.19. The molecule has 2 aliphatic heterocycles. The summed E-state index contributed by atoms with van der Waals surface area (Å²) >= 11 is 0. The van der Waals surface area contributed by atoms with Crippen LogP contribution in [-0.4, -0.2) is 78.5 Å². The van der Waals surface area contributed by atoms with Crippen molar-refractivity contribution in [3.63, 3.8) is 0 Å². The average Bonchev–Trinajstić information content (AvgIpc) is 3.01. The minimum absolute atomic E-state index is 0.190. The molecule has 2 aliphatic rings. The number of likely N-dealkylation sites (tertiary alicyclic amines) is 1. The molecular formula is C18H28N6O2. The van der Waals surface area contributed by atoms with Gasteiger partial charge in [0.05, 0.1) is 5.56 Å². The molecule has 2 amide bonds. The number of likely N-dealkylation sites (N-methyl/N-ethyl adjacent to an activating group) is 1. The molecule has 8 heteroatoms. The molecule has 8 nitrogen and oxygen atoms in total. The number of nitrogens with zero attached hydrogens (tertiary/aromatic N) is 4. The molecule has 3 heterocycles. The summed E-state index contributed by atoms with van der Waals surface area (Å²) in [6, 6.07) is 4.06. The lowest BCUT2D eigenvalue weighted by molar-refractivity contribution is -0.132. The van der Waals surface area contributed by atoms with Crippen molar-refractivity contribution in [2.45, 2.75) is 31.3 Å². The Morgan fingerprint density at radius 1 is 1.19 bits per heavy atom. The summed E-state index contributed by atoms with van der Waals surface area (Å²) in [6.45, 7) is 3.20. The van der Waals surface area contributed by atoms with Gasteiger partial charge in [-0.05, 0) is 32.0 Å². The van der Waals surface area contributed by atoms with E-state index in [-0.39, 0.29) is 11.9 Å². The second-order valence-corrected chi connectivity index (χ2v) is 7.10. The zero-order chi connectivity index (χ0) is 18.7. The van der Waals surface area contributed by atoms with Crippen LogP contribution in [0.1, 0.15) is 29.6 Å². The molecule has 0 saturated carbocycles. The molecule has 1 aromatic heterocycles. The molecule has 0 spiro atoms. The van der Waals surface area contributed by atoms with Crippen molar-refractivity contribution in [3.05, 3.63) is 23.9 Å². The number of nitrogens with two attached hydrogens (primary N) is 2. The van der Waals surface area contributed by atoms with Gasteiger partial charge in [-0.25, -0.2) is 4.98 Å². The molecule has 2 atom stereocenters. The van der Waals surface area contributed by atoms with Gasteiger partial charge >= 0.3 is 0 Å². The average molecular weight is 360 g/mol. The van der Waals surface area contributed by atoms with Gasteiger partial charge in [-0.15, -0.1) is 0 Å². The number of hydrogen-bond acceptors (Lipinski definition) is 6. The van der Waals surface area contributed by atoms with E-state index in [1.807, 2.05) is 9.80 Å². The molecule has 26 heavy (non-hydrogen) atoms. The van der Waals surface area contributed by atoms with E-state index < -0.39 is 5.91 Å². The molecule has 1 aromatic rings. The topological polar surface area (TPSA) is 109 Å². The van der Waals surface area contributed by atoms with Crippen LogP contribution in [0.3, 0.4) is 0 Å². The Morgan fingerprint density at radius 2 is 1.88 bits per heavy atom. The van der Waals surface area contributed by atoms with Crippen LogP contribution in [0.25, 0.3) is 0 Å². The van der Waals surface area contributed by atoms with Gasteiger partial charge in [-0.1, -0.05) is 0 Å². The van der Waals surface area contributed by atoms with E-state index in [1.165, 1.54) is 0 Å². The molecular weight excluding hydrogens is 332 g/mol. The smallest absolute Gasteiger partial charge is 0.252 e. The molecule has 0 aliphatic carbocycles. The molecule has 0 aromatic carbocycles. The number of aromatic nitrogens is 1. The molecule has 0 bridgehead atoms. The summed E-state index contributed by atoms with van der Waals surface area (Å²) in [5.74, 6) is 0.314. The van der Waals surface area contributed by atoms with Gasteiger partial charge in [0.1, 0.15) is 5.82 Å². The van der Waals surface area contributed by atoms with Crippen LogP contribution < -0.4 is 16.4 Å². The summed E-state index contributed by atoms with van der Waals surface area (Å²) in [6.07, 6.45) is 4.29. The van der Waals surface area contributed by atoms with E-state index in [0.29, 0.717) is 56.6 Å². The first-order valence-electron chi connectivity index (χ1n) is 9.20. The largest absolute Gasteiger partial charge is 0.365 e. The molecule has 3 rings (SSSR count). The molecule has 2 saturated heterocycles. The Bertz CT molecular complexity index is 659. The van der Waals surface area contributed by atoms with Crippen LogP contribution in [0.5, 0.6) is 0 Å². The van der Waals surface area contributed by atoms with Crippen LogP contribution in [0.4, 0.5) is 5.82 Å². The number of hydrogen-bond donors (Lipinski definition) is 2. The Morgan fingerprint density at radius 3 is 2.50 bits per heavy atom. The number of carbonyl (C=O) groups is 2. The number of rotatable bonds is 5. The quantitative estimate of drug-likeness (QED) is 0.742. The van der Waals surface area contributed by atoms with E-state index in [4.69, 9.17) is 11.5 Å². The second kappa shape index (κ2) is 8.01. The third-order valence-electron chi connectivity index (χ3n) is 5.65. The summed E-state index contributed by atoms with van der Waals surface area (Å²) in [4.78, 5) is 34.8. The normalized spacial score (nSPS) is 24.1. The van der Waals surface area contributed by atoms with Crippen LogP contribution in [0.15, 0.2) is 18.3 Å². The Kier molecular flexibility index (Phi) is 5.73. The number of anilines is 1. The molecule has 0 radical (unpaired) electrons. The second-order valence-electron chi connectivity index (χ2n) is 7.10. The predicted molar refractivity (Wildman–Crippen MR) is 99.8 cm³/mol. The number of amides is 2. The zero-order valence-corrected chi connectivity index (χ0v) is 15.3. The predicted octanol–water partition coefficient (Wildman–Crippen LogP) is -0.359. The fourth-order valence-electron chi connectivity index (χ4n) is 3.96. The van der Waals surface area contributed by atoms with E-state index in [1.54, 1.807) is 18.3 Å². The van der Waals surface area contributed by atoms with Crippen LogP contribution in [0, 0.1) is 0 Å². The van der Waals surface area contributed by atoms with Crippen molar-refractivity contribution in [2.75, 3.05) is 44.7 Å². The monoisotopic (exact) mass is 360 g/mol. The van der Waals surface area contributed by atoms with Crippen molar-refractivity contribution in [1.29, 1.82) is 0 Å². The maximum absolute atomic E-state index is 12.7. The van der Waals surface area contributed by atoms with Crippen molar-refractivity contribution < 1.29 is 9.59 Å². The first kappa shape index (κ1) is 18.6. The van der Waals surface area contributed by atoms with Crippen molar-refractivity contribution in [2.24, 2.45) is 11.5 Å². The number of carbonyl (C=O) groups excluding carboxylic acids is 2. The summed E-state index contributed by atoms with van der Waals surface area (Å²) in [7, 11) is 2.06. The lowest BCUT2D eigenvalue weighted by atomic mass is 10.1. The van der Waals surface area contributed by atoms with Crippen molar-refractivity contribution in [3.8, 4) is 0 Å². The molecule has 4 N–H and O–H groups in total. The Balaban J connectivity index is 1.56. The minimum atomic E-state index is -0.481. The van der Waals surface area contributed by atoms with Gasteiger partial charge in [0, 0.05) is 57.4 Å². The van der Waals surface area contributed by atoms with Gasteiger partial charge < -0.3 is 21.3 Å². The van der Waals surface area contributed by atoms with E-state index in [2.05, 4.69) is 16.9 Å². The van der Waals surface area contributed by atoms with Crippen LogP contribution >= 0.6 is 0 Å². The maximum atomic E-state index is 12.7. The fourth-order valence-corrected chi connectivity index (χ4v) is 3.96. The highest BCUT2D eigenvalue weighted by Gasteiger charge is 2.33. The van der Waals surface area contributed by atoms with Crippen LogP contribution in [-0.2, 0) is 4.79 Å². The van der Waals surface area contributed by atoms with E-state index >= 15 is 0 Å². The summed E-state index contributed by atoms with van der Waals surface area (Å²) in [5.41, 5.74) is 11.6. The fraction of sp³-hybridized carbons (Fsp3) is 0.611. The summed E-state index contributed by atoms with van der Waals surface area (Å²) < 4.78 is 0. The molecule has 2 fully saturated rings. The number of primary amides is 1. The Labute approximate surface area is 154 Å². The number of piperazine rings is 1. The van der Waals surface area contributed by atoms with Gasteiger partial charge in [-0.3, -0.25) is 14.5 Å². The highest BCUT2D eigenvalue weighted by atomic mass is 16.2. The highest BCUT2D eigenvalue weighted by Crippen LogP contribution is 2.25. The molecule has 142 valence electrons. The standard InChI is InChI=1S/C18H28N6O2/c1-22-13(4-5-14(22)12-19)11-16(25)23-7-9-24(10-8-23)18-15(17(20)26)3-2-6-21-18/h2-3,6,13-14H,4-5,7-12,19H2,1H3,(H2,20,26)/t13-,14+/m0/s1. The first-order valence-corrected chi connectivity index (χ1v) is 9.20. The first-order chi connectivity index (χ1) is 12.5. The van der Waals surface area contributed by atoms with E-state index in [0.717, 1.165) is 12.8 Å². The summed E-state index contributed by atoms with van der Waals surface area (Å²) in [5, 5.41) is 0. The van der Waals surface area contributed by atoms with Gasteiger partial charge in [0.2, 0.25) is 5.91 Å². The third kappa shape index (κ3) is 3.81. The zero-order valence-electron chi connectivity index (χ0n) is 15.3. The van der Waals surface area contributed by atoms with E-state index in [9.17, 15) is 9.59 Å². The lowest BCUT2D eigenvalue weighted by Gasteiger charge is -2.36. The van der Waals surface area contributed by atoms with Crippen LogP contribution in [0.2, 0.25) is 0 Å². The van der Waals surface area contributed by atoms with Crippen molar-refractivity contribution >= 4 is 17.6 Å². The minimum Gasteiger partial charge on any atom is -0.365 e. The van der Waals surface area contributed by atoms with Crippen molar-refractivity contribution in [1.82, 2.24) is 14.8 Å². The SMILES string of the molecule is CN1[C@@H](CN)CC[C@H]1CC(=O)N1CCN(c2ncccc2C(N)=O)CC1.